The lowest BCUT2D eigenvalue weighted by Crippen LogP contribution is -2.15. The second-order valence-electron chi connectivity index (χ2n) is 5.97. The van der Waals surface area contributed by atoms with Crippen LogP contribution in [0, 0.1) is 20.8 Å². The normalized spacial score (nSPS) is 10.8. The molecule has 0 spiro atoms. The molecule has 3 rings (SSSR count). The standard InChI is InChI=1S/C19H19BrN4OS/c1-12-8-9-16(15(20)10-12)21-18(25)11-26-19-23-22-14(3)24(19)17-7-5-4-6-13(17)2/h4-10H,11H2,1-3H3,(H,21,25). The first kappa shape index (κ1) is 18.7. The molecular weight excluding hydrogens is 412 g/mol. The van der Waals surface area contributed by atoms with Crippen LogP contribution < -0.4 is 5.32 Å². The molecule has 1 amide bonds. The van der Waals surface area contributed by atoms with Gasteiger partial charge < -0.3 is 5.32 Å². The number of halogens is 1. The Morgan fingerprint density at radius 3 is 2.65 bits per heavy atom. The van der Waals surface area contributed by atoms with E-state index in [-0.39, 0.29) is 11.7 Å². The van der Waals surface area contributed by atoms with Crippen LogP contribution in [-0.2, 0) is 4.79 Å². The molecule has 0 saturated carbocycles. The van der Waals surface area contributed by atoms with E-state index in [1.54, 1.807) is 0 Å². The second-order valence-corrected chi connectivity index (χ2v) is 7.77. The largest absolute Gasteiger partial charge is 0.324 e. The number of aromatic nitrogens is 3. The summed E-state index contributed by atoms with van der Waals surface area (Å²) in [6.45, 7) is 5.96. The van der Waals surface area contributed by atoms with Crippen LogP contribution in [-0.4, -0.2) is 26.4 Å². The Bertz CT molecular complexity index is 954. The summed E-state index contributed by atoms with van der Waals surface area (Å²) < 4.78 is 2.85. The van der Waals surface area contributed by atoms with E-state index in [9.17, 15) is 4.79 Å². The first-order chi connectivity index (χ1) is 12.5. The van der Waals surface area contributed by atoms with Crippen LogP contribution in [0.1, 0.15) is 17.0 Å². The van der Waals surface area contributed by atoms with Crippen LogP contribution in [0.4, 0.5) is 5.69 Å². The predicted octanol–water partition coefficient (Wildman–Crippen LogP) is 4.69. The molecule has 1 aromatic heterocycles. The monoisotopic (exact) mass is 430 g/mol. The van der Waals surface area contributed by atoms with Crippen molar-refractivity contribution in [3.8, 4) is 5.69 Å². The van der Waals surface area contributed by atoms with E-state index in [0.29, 0.717) is 5.16 Å². The van der Waals surface area contributed by atoms with Gasteiger partial charge in [-0.3, -0.25) is 9.36 Å². The number of thioether (sulfide) groups is 1. The highest BCUT2D eigenvalue weighted by atomic mass is 79.9. The molecule has 0 unspecified atom stereocenters. The summed E-state index contributed by atoms with van der Waals surface area (Å²) in [5, 5.41) is 12.0. The summed E-state index contributed by atoms with van der Waals surface area (Å²) >= 11 is 4.85. The lowest BCUT2D eigenvalue weighted by Gasteiger charge is -2.11. The molecule has 1 heterocycles. The maximum atomic E-state index is 12.3. The number of hydrogen-bond acceptors (Lipinski definition) is 4. The Hall–Kier alpha value is -2.12. The quantitative estimate of drug-likeness (QED) is 0.596. The van der Waals surface area contributed by atoms with E-state index in [1.807, 2.05) is 67.8 Å². The molecule has 0 aliphatic rings. The van der Waals surface area contributed by atoms with Crippen LogP contribution in [0.3, 0.4) is 0 Å². The molecule has 3 aromatic rings. The number of carbonyl (C=O) groups excluding carboxylic acids is 1. The van der Waals surface area contributed by atoms with E-state index in [1.165, 1.54) is 11.8 Å². The van der Waals surface area contributed by atoms with Crippen molar-refractivity contribution in [2.24, 2.45) is 0 Å². The summed E-state index contributed by atoms with van der Waals surface area (Å²) in [4.78, 5) is 12.3. The van der Waals surface area contributed by atoms with Crippen molar-refractivity contribution in [3.05, 3.63) is 63.9 Å². The third kappa shape index (κ3) is 4.16. The fourth-order valence-electron chi connectivity index (χ4n) is 2.57. The fourth-order valence-corrected chi connectivity index (χ4v) is 3.95. The highest BCUT2D eigenvalue weighted by molar-refractivity contribution is 9.10. The number of anilines is 1. The first-order valence-electron chi connectivity index (χ1n) is 8.12. The van der Waals surface area contributed by atoms with Gasteiger partial charge in [0, 0.05) is 4.47 Å². The third-order valence-electron chi connectivity index (χ3n) is 3.88. The van der Waals surface area contributed by atoms with Gasteiger partial charge in [-0.25, -0.2) is 0 Å². The zero-order valence-corrected chi connectivity index (χ0v) is 17.2. The fraction of sp³-hybridized carbons (Fsp3) is 0.211. The summed E-state index contributed by atoms with van der Waals surface area (Å²) in [7, 11) is 0. The van der Waals surface area contributed by atoms with E-state index in [0.717, 1.165) is 32.8 Å². The van der Waals surface area contributed by atoms with E-state index >= 15 is 0 Å². The topological polar surface area (TPSA) is 59.8 Å². The van der Waals surface area contributed by atoms with Crippen LogP contribution in [0.2, 0.25) is 0 Å². The minimum atomic E-state index is -0.0865. The van der Waals surface area contributed by atoms with Crippen LogP contribution in [0.15, 0.2) is 52.1 Å². The van der Waals surface area contributed by atoms with Crippen molar-refractivity contribution in [2.45, 2.75) is 25.9 Å². The first-order valence-corrected chi connectivity index (χ1v) is 9.90. The lowest BCUT2D eigenvalue weighted by molar-refractivity contribution is -0.113. The Labute approximate surface area is 165 Å². The molecule has 0 aliphatic heterocycles. The maximum Gasteiger partial charge on any atom is 0.234 e. The Morgan fingerprint density at radius 1 is 1.15 bits per heavy atom. The van der Waals surface area contributed by atoms with Gasteiger partial charge in [0.1, 0.15) is 5.82 Å². The molecule has 0 bridgehead atoms. The molecule has 134 valence electrons. The smallest absolute Gasteiger partial charge is 0.234 e. The van der Waals surface area contributed by atoms with E-state index < -0.39 is 0 Å². The van der Waals surface area contributed by atoms with E-state index in [4.69, 9.17) is 0 Å². The second kappa shape index (κ2) is 8.05. The van der Waals surface area contributed by atoms with Crippen molar-refractivity contribution in [1.82, 2.24) is 14.8 Å². The molecule has 1 N–H and O–H groups in total. The minimum absolute atomic E-state index is 0.0865. The highest BCUT2D eigenvalue weighted by Crippen LogP contribution is 2.26. The SMILES string of the molecule is Cc1ccc(NC(=O)CSc2nnc(C)n2-c2ccccc2C)c(Br)c1. The van der Waals surface area contributed by atoms with Gasteiger partial charge in [0.15, 0.2) is 5.16 Å². The number of amides is 1. The molecule has 0 aliphatic carbocycles. The molecule has 0 radical (unpaired) electrons. The van der Waals surface area contributed by atoms with Crippen molar-refractivity contribution in [2.75, 3.05) is 11.1 Å². The molecule has 2 aromatic carbocycles. The number of carbonyl (C=O) groups is 1. The molecule has 7 heteroatoms. The summed E-state index contributed by atoms with van der Waals surface area (Å²) in [6.07, 6.45) is 0. The van der Waals surface area contributed by atoms with Crippen molar-refractivity contribution in [1.29, 1.82) is 0 Å². The summed E-state index contributed by atoms with van der Waals surface area (Å²) in [6, 6.07) is 13.9. The number of aryl methyl sites for hydroxylation is 3. The number of nitrogens with one attached hydrogen (secondary N) is 1. The van der Waals surface area contributed by atoms with Crippen molar-refractivity contribution in [3.63, 3.8) is 0 Å². The van der Waals surface area contributed by atoms with Gasteiger partial charge in [0.05, 0.1) is 17.1 Å². The summed E-state index contributed by atoms with van der Waals surface area (Å²) in [5.41, 5.74) is 4.05. The van der Waals surface area contributed by atoms with Gasteiger partial charge in [-0.15, -0.1) is 10.2 Å². The number of nitrogens with zero attached hydrogens (tertiary/aromatic N) is 3. The average molecular weight is 431 g/mol. The van der Waals surface area contributed by atoms with Gasteiger partial charge >= 0.3 is 0 Å². The average Bonchev–Trinajstić information content (AvgIpc) is 2.97. The zero-order valence-electron chi connectivity index (χ0n) is 14.8. The molecule has 0 atom stereocenters. The molecular formula is C19H19BrN4OS. The van der Waals surface area contributed by atoms with Crippen molar-refractivity contribution < 1.29 is 4.79 Å². The van der Waals surface area contributed by atoms with Crippen LogP contribution in [0.25, 0.3) is 5.69 Å². The third-order valence-corrected chi connectivity index (χ3v) is 5.47. The van der Waals surface area contributed by atoms with Gasteiger partial charge in [0.2, 0.25) is 5.91 Å². The molecule has 26 heavy (non-hydrogen) atoms. The Morgan fingerprint density at radius 2 is 1.92 bits per heavy atom. The van der Waals surface area contributed by atoms with Crippen LogP contribution >= 0.6 is 27.7 Å². The maximum absolute atomic E-state index is 12.3. The lowest BCUT2D eigenvalue weighted by atomic mass is 10.2. The summed E-state index contributed by atoms with van der Waals surface area (Å²) in [5.74, 6) is 0.963. The van der Waals surface area contributed by atoms with Gasteiger partial charge in [-0.2, -0.15) is 0 Å². The number of para-hydroxylation sites is 1. The Balaban J connectivity index is 1.73. The highest BCUT2D eigenvalue weighted by Gasteiger charge is 2.15. The van der Waals surface area contributed by atoms with E-state index in [2.05, 4.69) is 31.4 Å². The van der Waals surface area contributed by atoms with Crippen molar-refractivity contribution >= 4 is 39.3 Å². The van der Waals surface area contributed by atoms with Gasteiger partial charge in [-0.05, 0) is 66.0 Å². The Kier molecular flexibility index (Phi) is 5.78. The number of hydrogen-bond donors (Lipinski definition) is 1. The molecule has 0 saturated heterocycles. The number of rotatable bonds is 5. The minimum Gasteiger partial charge on any atom is -0.324 e. The number of benzene rings is 2. The predicted molar refractivity (Wildman–Crippen MR) is 109 cm³/mol. The van der Waals surface area contributed by atoms with Gasteiger partial charge in [0.25, 0.3) is 0 Å². The molecule has 0 fully saturated rings. The van der Waals surface area contributed by atoms with Gasteiger partial charge in [-0.1, -0.05) is 36.0 Å². The zero-order chi connectivity index (χ0) is 18.7. The molecule has 5 nitrogen and oxygen atoms in total. The van der Waals surface area contributed by atoms with Crippen LogP contribution in [0.5, 0.6) is 0 Å².